The Morgan fingerprint density at radius 3 is 1.81 bits per heavy atom. The van der Waals surface area contributed by atoms with Crippen molar-refractivity contribution in [1.29, 1.82) is 0 Å². The van der Waals surface area contributed by atoms with Gasteiger partial charge >= 0.3 is 6.36 Å². The Kier molecular flexibility index (Phi) is 3.88. The highest BCUT2D eigenvalue weighted by Crippen LogP contribution is 2.33. The number of hydrogen-bond acceptors (Lipinski definition) is 3. The predicted molar refractivity (Wildman–Crippen MR) is 95.7 cm³/mol. The van der Waals surface area contributed by atoms with Crippen molar-refractivity contribution in [3.63, 3.8) is 0 Å². The van der Waals surface area contributed by atoms with Crippen LogP contribution in [0.5, 0.6) is 5.75 Å². The fraction of sp³-hybridized carbons (Fsp3) is 0.0500. The summed E-state index contributed by atoms with van der Waals surface area (Å²) in [6, 6.07) is 21.1. The molecule has 0 unspecified atom stereocenters. The third-order valence-corrected chi connectivity index (χ3v) is 3.94. The summed E-state index contributed by atoms with van der Waals surface area (Å²) in [5, 5.41) is 5.17. The molecule has 0 amide bonds. The van der Waals surface area contributed by atoms with Gasteiger partial charge in [0, 0.05) is 16.5 Å². The van der Waals surface area contributed by atoms with Gasteiger partial charge in [-0.1, -0.05) is 36.4 Å². The summed E-state index contributed by atoms with van der Waals surface area (Å²) in [7, 11) is 0. The first-order valence-electron chi connectivity index (χ1n) is 7.90. The summed E-state index contributed by atoms with van der Waals surface area (Å²) >= 11 is 0. The molecule has 4 rings (SSSR count). The van der Waals surface area contributed by atoms with E-state index in [4.69, 9.17) is 0 Å². The molecule has 0 spiro atoms. The van der Waals surface area contributed by atoms with E-state index in [0.29, 0.717) is 5.69 Å². The van der Waals surface area contributed by atoms with Gasteiger partial charge in [0.25, 0.3) is 0 Å². The van der Waals surface area contributed by atoms with Gasteiger partial charge in [-0.05, 0) is 36.4 Å². The first kappa shape index (κ1) is 16.2. The zero-order valence-corrected chi connectivity index (χ0v) is 13.4. The van der Waals surface area contributed by atoms with Crippen molar-refractivity contribution < 1.29 is 17.9 Å². The molecule has 0 atom stereocenters. The van der Waals surface area contributed by atoms with Crippen LogP contribution in [0.15, 0.2) is 72.8 Å². The number of aromatic nitrogens is 1. The fourth-order valence-electron chi connectivity index (χ4n) is 2.86. The number of alkyl halides is 3. The Morgan fingerprint density at radius 2 is 1.27 bits per heavy atom. The van der Waals surface area contributed by atoms with Crippen LogP contribution in [-0.2, 0) is 0 Å². The van der Waals surface area contributed by atoms with Crippen LogP contribution in [0.2, 0.25) is 0 Å². The Labute approximate surface area is 147 Å². The van der Waals surface area contributed by atoms with Crippen LogP contribution >= 0.6 is 0 Å². The monoisotopic (exact) mass is 354 g/mol. The third-order valence-electron chi connectivity index (χ3n) is 3.94. The van der Waals surface area contributed by atoms with Crippen LogP contribution in [0.1, 0.15) is 0 Å². The minimum atomic E-state index is -4.70. The normalized spacial score (nSPS) is 11.7. The number of para-hydroxylation sites is 2. The van der Waals surface area contributed by atoms with Gasteiger partial charge < -0.3 is 10.1 Å². The van der Waals surface area contributed by atoms with Gasteiger partial charge in [0.05, 0.1) is 16.7 Å². The summed E-state index contributed by atoms with van der Waals surface area (Å²) < 4.78 is 40.8. The molecule has 6 heteroatoms. The molecule has 0 saturated carbocycles. The van der Waals surface area contributed by atoms with Gasteiger partial charge in [0.15, 0.2) is 0 Å². The lowest BCUT2D eigenvalue weighted by Gasteiger charge is -2.14. The van der Waals surface area contributed by atoms with Gasteiger partial charge in [0.2, 0.25) is 0 Å². The SMILES string of the molecule is FC(F)(F)Oc1ccc(Nc2c3ccccc3nc3ccccc23)cc1. The molecule has 0 fully saturated rings. The average molecular weight is 354 g/mol. The maximum atomic E-state index is 12.3. The number of fused-ring (bicyclic) bond motifs is 2. The molecule has 26 heavy (non-hydrogen) atoms. The Bertz CT molecular complexity index is 1020. The number of halogens is 3. The van der Waals surface area contributed by atoms with E-state index in [9.17, 15) is 13.2 Å². The predicted octanol–water partition coefficient (Wildman–Crippen LogP) is 6.03. The van der Waals surface area contributed by atoms with E-state index < -0.39 is 6.36 Å². The smallest absolute Gasteiger partial charge is 0.406 e. The van der Waals surface area contributed by atoms with Gasteiger partial charge in [-0.3, -0.25) is 0 Å². The molecule has 1 aromatic heterocycles. The minimum Gasteiger partial charge on any atom is -0.406 e. The van der Waals surface area contributed by atoms with Crippen LogP contribution in [0.25, 0.3) is 21.8 Å². The number of nitrogens with one attached hydrogen (secondary N) is 1. The molecule has 4 aromatic rings. The number of rotatable bonds is 3. The van der Waals surface area contributed by atoms with Crippen molar-refractivity contribution in [3.05, 3.63) is 72.8 Å². The first-order valence-corrected chi connectivity index (χ1v) is 7.90. The molecular formula is C20H13F3N2O. The van der Waals surface area contributed by atoms with E-state index >= 15 is 0 Å². The van der Waals surface area contributed by atoms with E-state index in [0.717, 1.165) is 27.5 Å². The number of ether oxygens (including phenoxy) is 1. The van der Waals surface area contributed by atoms with Gasteiger partial charge in [-0.25, -0.2) is 4.98 Å². The maximum Gasteiger partial charge on any atom is 0.573 e. The van der Waals surface area contributed by atoms with Crippen molar-refractivity contribution in [2.75, 3.05) is 5.32 Å². The number of benzene rings is 3. The molecule has 130 valence electrons. The van der Waals surface area contributed by atoms with Crippen molar-refractivity contribution in [1.82, 2.24) is 4.98 Å². The van der Waals surface area contributed by atoms with E-state index in [-0.39, 0.29) is 5.75 Å². The molecule has 0 aliphatic heterocycles. The Balaban J connectivity index is 1.76. The maximum absolute atomic E-state index is 12.3. The van der Waals surface area contributed by atoms with E-state index in [1.165, 1.54) is 12.1 Å². The van der Waals surface area contributed by atoms with Gasteiger partial charge in [-0.2, -0.15) is 0 Å². The van der Waals surface area contributed by atoms with E-state index in [2.05, 4.69) is 15.0 Å². The average Bonchev–Trinajstić information content (AvgIpc) is 2.62. The van der Waals surface area contributed by atoms with Crippen LogP contribution in [0.4, 0.5) is 24.5 Å². The topological polar surface area (TPSA) is 34.1 Å². The van der Waals surface area contributed by atoms with Gasteiger partial charge in [0.1, 0.15) is 5.75 Å². The standard InChI is InChI=1S/C20H13F3N2O/c21-20(22,23)26-14-11-9-13(10-12-14)24-19-15-5-1-3-7-17(15)25-18-8-4-2-6-16(18)19/h1-12H,(H,24,25). The lowest BCUT2D eigenvalue weighted by atomic mass is 10.1. The first-order chi connectivity index (χ1) is 12.5. The van der Waals surface area contributed by atoms with Crippen molar-refractivity contribution in [2.45, 2.75) is 6.36 Å². The third kappa shape index (κ3) is 3.26. The summed E-state index contributed by atoms with van der Waals surface area (Å²) in [5.74, 6) is -0.257. The molecule has 1 N–H and O–H groups in total. The summed E-state index contributed by atoms with van der Waals surface area (Å²) in [6.45, 7) is 0. The summed E-state index contributed by atoms with van der Waals surface area (Å²) in [6.07, 6.45) is -4.70. The van der Waals surface area contributed by atoms with E-state index in [1.807, 2.05) is 48.5 Å². The molecule has 3 nitrogen and oxygen atoms in total. The largest absolute Gasteiger partial charge is 0.573 e. The molecule has 0 bridgehead atoms. The number of pyridine rings is 1. The highest BCUT2D eigenvalue weighted by atomic mass is 19.4. The fourth-order valence-corrected chi connectivity index (χ4v) is 2.86. The Hall–Kier alpha value is -3.28. The second-order valence-electron chi connectivity index (χ2n) is 5.72. The highest BCUT2D eigenvalue weighted by molar-refractivity contribution is 6.08. The second kappa shape index (κ2) is 6.22. The molecule has 0 saturated heterocycles. The zero-order chi connectivity index (χ0) is 18.1. The van der Waals surface area contributed by atoms with Crippen LogP contribution in [0, 0.1) is 0 Å². The lowest BCUT2D eigenvalue weighted by molar-refractivity contribution is -0.274. The van der Waals surface area contributed by atoms with E-state index in [1.54, 1.807) is 12.1 Å². The van der Waals surface area contributed by atoms with Crippen molar-refractivity contribution in [2.24, 2.45) is 0 Å². The van der Waals surface area contributed by atoms with Crippen LogP contribution < -0.4 is 10.1 Å². The van der Waals surface area contributed by atoms with Crippen LogP contribution in [-0.4, -0.2) is 11.3 Å². The molecule has 0 aliphatic carbocycles. The minimum absolute atomic E-state index is 0.257. The Morgan fingerprint density at radius 1 is 0.731 bits per heavy atom. The van der Waals surface area contributed by atoms with Crippen LogP contribution in [0.3, 0.4) is 0 Å². The second-order valence-corrected chi connectivity index (χ2v) is 5.72. The number of anilines is 2. The highest BCUT2D eigenvalue weighted by Gasteiger charge is 2.30. The number of hydrogen-bond donors (Lipinski definition) is 1. The molecule has 0 aliphatic rings. The van der Waals surface area contributed by atoms with Crippen molar-refractivity contribution >= 4 is 33.2 Å². The van der Waals surface area contributed by atoms with Crippen molar-refractivity contribution in [3.8, 4) is 5.75 Å². The lowest BCUT2D eigenvalue weighted by Crippen LogP contribution is -2.16. The molecular weight excluding hydrogens is 341 g/mol. The number of nitrogens with zero attached hydrogens (tertiary/aromatic N) is 1. The summed E-state index contributed by atoms with van der Waals surface area (Å²) in [5.41, 5.74) is 3.19. The zero-order valence-electron chi connectivity index (χ0n) is 13.4. The quantitative estimate of drug-likeness (QED) is 0.456. The summed E-state index contributed by atoms with van der Waals surface area (Å²) in [4.78, 5) is 4.65. The molecule has 0 radical (unpaired) electrons. The molecule has 1 heterocycles. The molecule has 3 aromatic carbocycles. The van der Waals surface area contributed by atoms with Gasteiger partial charge in [-0.15, -0.1) is 13.2 Å².